The summed E-state index contributed by atoms with van der Waals surface area (Å²) in [5.41, 5.74) is 1.03. The lowest BCUT2D eigenvalue weighted by atomic mass is 9.98. The Labute approximate surface area is 138 Å². The molecule has 4 heteroatoms. The zero-order valence-corrected chi connectivity index (χ0v) is 14.1. The first-order chi connectivity index (χ1) is 11.1. The van der Waals surface area contributed by atoms with Crippen LogP contribution in [0.5, 0.6) is 0 Å². The zero-order valence-electron chi connectivity index (χ0n) is 14.1. The van der Waals surface area contributed by atoms with Gasteiger partial charge in [-0.3, -0.25) is 9.69 Å². The molecule has 2 atom stereocenters. The normalized spacial score (nSPS) is 25.4. The molecule has 4 nitrogen and oxygen atoms in total. The highest BCUT2D eigenvalue weighted by Crippen LogP contribution is 2.36. The number of imide groups is 1. The van der Waals surface area contributed by atoms with E-state index in [-0.39, 0.29) is 24.0 Å². The van der Waals surface area contributed by atoms with Crippen LogP contribution in [0, 0.1) is 5.92 Å². The molecule has 1 aliphatic carbocycles. The van der Waals surface area contributed by atoms with E-state index < -0.39 is 0 Å². The van der Waals surface area contributed by atoms with E-state index in [4.69, 9.17) is 0 Å². The highest BCUT2D eigenvalue weighted by atomic mass is 16.2. The molecule has 0 radical (unpaired) electrons. The molecule has 1 aromatic rings. The predicted octanol–water partition coefficient (Wildman–Crippen LogP) is 3.98. The molecule has 23 heavy (non-hydrogen) atoms. The molecule has 1 saturated heterocycles. The molecule has 0 unspecified atom stereocenters. The monoisotopic (exact) mass is 314 g/mol. The van der Waals surface area contributed by atoms with Gasteiger partial charge in [-0.05, 0) is 24.8 Å². The van der Waals surface area contributed by atoms with E-state index in [0.717, 1.165) is 12.0 Å². The van der Waals surface area contributed by atoms with Crippen LogP contribution in [-0.4, -0.2) is 34.8 Å². The highest BCUT2D eigenvalue weighted by molar-refractivity contribution is 5.96. The van der Waals surface area contributed by atoms with Crippen molar-refractivity contribution in [3.63, 3.8) is 0 Å². The Bertz CT molecular complexity index is 566. The van der Waals surface area contributed by atoms with E-state index in [1.165, 1.54) is 30.6 Å². The molecule has 0 bridgehead atoms. The molecule has 1 aromatic carbocycles. The summed E-state index contributed by atoms with van der Waals surface area (Å²) in [6.07, 6.45) is 6.45. The molecular weight excluding hydrogens is 288 g/mol. The molecule has 3 rings (SSSR count). The maximum Gasteiger partial charge on any atom is 0.327 e. The van der Waals surface area contributed by atoms with Gasteiger partial charge in [-0.1, -0.05) is 56.0 Å². The summed E-state index contributed by atoms with van der Waals surface area (Å²) < 4.78 is 0. The Morgan fingerprint density at radius 1 is 1.17 bits per heavy atom. The number of urea groups is 1. The topological polar surface area (TPSA) is 40.6 Å². The lowest BCUT2D eigenvalue weighted by Crippen LogP contribution is -2.36. The van der Waals surface area contributed by atoms with Crippen molar-refractivity contribution in [2.75, 3.05) is 7.05 Å². The van der Waals surface area contributed by atoms with Crippen molar-refractivity contribution >= 4 is 11.9 Å². The van der Waals surface area contributed by atoms with Crippen LogP contribution in [0.3, 0.4) is 0 Å². The fourth-order valence-corrected chi connectivity index (χ4v) is 3.98. The van der Waals surface area contributed by atoms with Crippen molar-refractivity contribution in [3.05, 3.63) is 35.9 Å². The fraction of sp³-hybridized carbons (Fsp3) is 0.579. The first kappa shape index (κ1) is 16.0. The lowest BCUT2D eigenvalue weighted by Gasteiger charge is -2.24. The molecule has 2 aliphatic rings. The van der Waals surface area contributed by atoms with Gasteiger partial charge in [0.05, 0.1) is 12.1 Å². The van der Waals surface area contributed by atoms with Crippen LogP contribution in [0.25, 0.3) is 0 Å². The van der Waals surface area contributed by atoms with Gasteiger partial charge in [-0.15, -0.1) is 0 Å². The number of benzene rings is 1. The minimum Gasteiger partial charge on any atom is -0.322 e. The number of carbonyl (C=O) groups is 2. The molecular formula is C19H26N2O2. The van der Waals surface area contributed by atoms with Crippen molar-refractivity contribution in [1.29, 1.82) is 0 Å². The number of carbonyl (C=O) groups excluding carboxylic acids is 2. The van der Waals surface area contributed by atoms with Gasteiger partial charge in [-0.25, -0.2) is 4.79 Å². The first-order valence-corrected chi connectivity index (χ1v) is 8.73. The second kappa shape index (κ2) is 6.73. The Hall–Kier alpha value is -1.84. The van der Waals surface area contributed by atoms with E-state index in [2.05, 4.69) is 0 Å². The third-order valence-electron chi connectivity index (χ3n) is 5.50. The molecule has 0 spiro atoms. The van der Waals surface area contributed by atoms with Gasteiger partial charge < -0.3 is 4.90 Å². The summed E-state index contributed by atoms with van der Waals surface area (Å²) in [5, 5.41) is 0. The van der Waals surface area contributed by atoms with Crippen molar-refractivity contribution < 1.29 is 9.59 Å². The summed E-state index contributed by atoms with van der Waals surface area (Å²) in [6, 6.07) is 9.56. The van der Waals surface area contributed by atoms with Crippen LogP contribution in [0.2, 0.25) is 0 Å². The zero-order chi connectivity index (χ0) is 16.4. The van der Waals surface area contributed by atoms with Gasteiger partial charge in [0.1, 0.15) is 0 Å². The first-order valence-electron chi connectivity index (χ1n) is 8.73. The SMILES string of the molecule is C[C@H]1[C@@H](c2ccccc2)N(C(=O)CCC2CCCC2)C(=O)N1C. The number of nitrogens with zero attached hydrogens (tertiary/aromatic N) is 2. The maximum absolute atomic E-state index is 12.8. The Morgan fingerprint density at radius 3 is 2.48 bits per heavy atom. The third kappa shape index (κ3) is 3.12. The summed E-state index contributed by atoms with van der Waals surface area (Å²) in [6.45, 7) is 2.01. The van der Waals surface area contributed by atoms with Crippen molar-refractivity contribution in [1.82, 2.24) is 9.80 Å². The molecule has 2 fully saturated rings. The lowest BCUT2D eigenvalue weighted by molar-refractivity contribution is -0.129. The summed E-state index contributed by atoms with van der Waals surface area (Å²) in [5.74, 6) is 0.647. The molecule has 124 valence electrons. The van der Waals surface area contributed by atoms with Crippen LogP contribution in [0.1, 0.15) is 57.1 Å². The van der Waals surface area contributed by atoms with Crippen LogP contribution >= 0.6 is 0 Å². The maximum atomic E-state index is 12.8. The van der Waals surface area contributed by atoms with Crippen molar-refractivity contribution in [2.45, 2.75) is 57.5 Å². The highest BCUT2D eigenvalue weighted by Gasteiger charge is 2.45. The molecule has 0 N–H and O–H groups in total. The van der Waals surface area contributed by atoms with Crippen molar-refractivity contribution in [2.24, 2.45) is 5.92 Å². The largest absolute Gasteiger partial charge is 0.327 e. The minimum absolute atomic E-state index is 0.000306. The van der Waals surface area contributed by atoms with E-state index in [0.29, 0.717) is 12.3 Å². The Morgan fingerprint density at radius 2 is 1.83 bits per heavy atom. The Balaban J connectivity index is 1.76. The molecule has 1 heterocycles. The van der Waals surface area contributed by atoms with Gasteiger partial charge in [-0.2, -0.15) is 0 Å². The van der Waals surface area contributed by atoms with Crippen LogP contribution in [0.15, 0.2) is 30.3 Å². The number of hydrogen-bond acceptors (Lipinski definition) is 2. The Kier molecular flexibility index (Phi) is 4.69. The molecule has 1 saturated carbocycles. The van der Waals surface area contributed by atoms with Gasteiger partial charge in [0.2, 0.25) is 5.91 Å². The average molecular weight is 314 g/mol. The van der Waals surface area contributed by atoms with E-state index in [9.17, 15) is 9.59 Å². The van der Waals surface area contributed by atoms with E-state index >= 15 is 0 Å². The van der Waals surface area contributed by atoms with E-state index in [1.54, 1.807) is 11.9 Å². The third-order valence-corrected chi connectivity index (χ3v) is 5.50. The second-order valence-corrected chi connectivity index (χ2v) is 6.94. The minimum atomic E-state index is -0.176. The summed E-state index contributed by atoms with van der Waals surface area (Å²) in [4.78, 5) is 28.5. The van der Waals surface area contributed by atoms with Crippen LogP contribution in [-0.2, 0) is 4.79 Å². The average Bonchev–Trinajstić information content (AvgIpc) is 3.16. The number of amides is 3. The second-order valence-electron chi connectivity index (χ2n) is 6.94. The smallest absolute Gasteiger partial charge is 0.322 e. The van der Waals surface area contributed by atoms with Gasteiger partial charge in [0.15, 0.2) is 0 Å². The molecule has 0 aromatic heterocycles. The van der Waals surface area contributed by atoms with Crippen molar-refractivity contribution in [3.8, 4) is 0 Å². The summed E-state index contributed by atoms with van der Waals surface area (Å²) in [7, 11) is 1.78. The summed E-state index contributed by atoms with van der Waals surface area (Å²) >= 11 is 0. The number of likely N-dealkylation sites (N-methyl/N-ethyl adjacent to an activating group) is 1. The van der Waals surface area contributed by atoms with Gasteiger partial charge in [0.25, 0.3) is 0 Å². The number of hydrogen-bond donors (Lipinski definition) is 0. The van der Waals surface area contributed by atoms with E-state index in [1.807, 2.05) is 37.3 Å². The number of rotatable bonds is 4. The molecule has 1 aliphatic heterocycles. The van der Waals surface area contributed by atoms with Gasteiger partial charge >= 0.3 is 6.03 Å². The predicted molar refractivity (Wildman–Crippen MR) is 89.8 cm³/mol. The van der Waals surface area contributed by atoms with Crippen LogP contribution in [0.4, 0.5) is 4.79 Å². The standard InChI is InChI=1S/C19H26N2O2/c1-14-18(16-10-4-3-5-11-16)21(19(23)20(14)2)17(22)13-12-15-8-6-7-9-15/h3-5,10-11,14-15,18H,6-9,12-13H2,1-2H3/t14-,18-/m0/s1. The quantitative estimate of drug-likeness (QED) is 0.843. The fourth-order valence-electron chi connectivity index (χ4n) is 3.98. The van der Waals surface area contributed by atoms with Crippen LogP contribution < -0.4 is 0 Å². The van der Waals surface area contributed by atoms with Gasteiger partial charge in [0, 0.05) is 13.5 Å². The molecule has 3 amide bonds.